The van der Waals surface area contributed by atoms with Gasteiger partial charge in [-0.1, -0.05) is 49.4 Å². The molecule has 4 nitrogen and oxygen atoms in total. The summed E-state index contributed by atoms with van der Waals surface area (Å²) in [6, 6.07) is 18.6. The molecule has 2 aromatic carbocycles. The smallest absolute Gasteiger partial charge is 0.225 e. The van der Waals surface area contributed by atoms with E-state index in [9.17, 15) is 4.79 Å². The van der Waals surface area contributed by atoms with Crippen molar-refractivity contribution in [1.29, 1.82) is 0 Å². The lowest BCUT2D eigenvalue weighted by molar-refractivity contribution is -0.137. The number of ether oxygens (including phenoxy) is 1. The van der Waals surface area contributed by atoms with Gasteiger partial charge >= 0.3 is 0 Å². The van der Waals surface area contributed by atoms with Crippen LogP contribution in [0.15, 0.2) is 54.6 Å². The Morgan fingerprint density at radius 1 is 1.15 bits per heavy atom. The first-order valence-electron chi connectivity index (χ1n) is 9.25. The molecular weight excluding hydrogens is 324 g/mol. The molecule has 1 fully saturated rings. The van der Waals surface area contributed by atoms with Crippen molar-refractivity contribution in [2.24, 2.45) is 5.92 Å². The second-order valence-corrected chi connectivity index (χ2v) is 7.15. The Bertz CT molecular complexity index is 732. The number of hydrogen-bond acceptors (Lipinski definition) is 3. The number of likely N-dealkylation sites (N-methyl/N-ethyl adjacent to an activating group) is 1. The molecule has 1 amide bonds. The van der Waals surface area contributed by atoms with E-state index in [1.54, 1.807) is 7.11 Å². The Hall–Kier alpha value is -2.33. The van der Waals surface area contributed by atoms with Gasteiger partial charge in [-0.15, -0.1) is 0 Å². The fraction of sp³-hybridized carbons (Fsp3) is 0.409. The first kappa shape index (κ1) is 18.5. The number of carbonyl (C=O) groups excluding carboxylic acids is 1. The molecular formula is C22H28N2O2. The lowest BCUT2D eigenvalue weighted by Crippen LogP contribution is -2.50. The molecule has 1 aliphatic rings. The Morgan fingerprint density at radius 2 is 1.92 bits per heavy atom. The van der Waals surface area contributed by atoms with E-state index in [2.05, 4.69) is 36.2 Å². The monoisotopic (exact) mass is 352 g/mol. The topological polar surface area (TPSA) is 32.8 Å². The van der Waals surface area contributed by atoms with Crippen LogP contribution < -0.4 is 4.74 Å². The highest BCUT2D eigenvalue weighted by atomic mass is 16.5. The van der Waals surface area contributed by atoms with Gasteiger partial charge in [0.1, 0.15) is 5.75 Å². The summed E-state index contributed by atoms with van der Waals surface area (Å²) >= 11 is 0. The minimum atomic E-state index is -0.00762. The molecule has 0 bridgehead atoms. The number of piperazine rings is 1. The SMILES string of the molecule is COc1cccc(C2CN(C(=O)C(C)Cc3ccccc3)CCN2C)c1. The number of hydrogen-bond donors (Lipinski definition) is 0. The van der Waals surface area contributed by atoms with Crippen molar-refractivity contribution in [3.63, 3.8) is 0 Å². The highest BCUT2D eigenvalue weighted by Crippen LogP contribution is 2.27. The summed E-state index contributed by atoms with van der Waals surface area (Å²) in [5, 5.41) is 0. The zero-order valence-electron chi connectivity index (χ0n) is 15.9. The van der Waals surface area contributed by atoms with Gasteiger partial charge in [0, 0.05) is 25.6 Å². The molecule has 138 valence electrons. The summed E-state index contributed by atoms with van der Waals surface area (Å²) in [6.45, 7) is 4.43. The first-order chi connectivity index (χ1) is 12.6. The summed E-state index contributed by atoms with van der Waals surface area (Å²) in [4.78, 5) is 17.3. The second kappa shape index (κ2) is 8.37. The molecule has 2 atom stereocenters. The molecule has 0 spiro atoms. The van der Waals surface area contributed by atoms with E-state index >= 15 is 0 Å². The highest BCUT2D eigenvalue weighted by Gasteiger charge is 2.30. The molecule has 0 radical (unpaired) electrons. The summed E-state index contributed by atoms with van der Waals surface area (Å²) < 4.78 is 5.36. The van der Waals surface area contributed by atoms with Crippen LogP contribution in [-0.2, 0) is 11.2 Å². The molecule has 2 unspecified atom stereocenters. The van der Waals surface area contributed by atoms with Crippen LogP contribution in [0.1, 0.15) is 24.1 Å². The Kier molecular flexibility index (Phi) is 5.94. The Balaban J connectivity index is 1.69. The summed E-state index contributed by atoms with van der Waals surface area (Å²) in [5.41, 5.74) is 2.41. The van der Waals surface area contributed by atoms with Crippen LogP contribution in [0.5, 0.6) is 5.75 Å². The number of methoxy groups -OCH3 is 1. The highest BCUT2D eigenvalue weighted by molar-refractivity contribution is 5.79. The van der Waals surface area contributed by atoms with Gasteiger partial charge in [-0.05, 0) is 36.7 Å². The number of amides is 1. The van der Waals surface area contributed by atoms with Gasteiger partial charge in [0.2, 0.25) is 5.91 Å². The van der Waals surface area contributed by atoms with Crippen molar-refractivity contribution in [3.8, 4) is 5.75 Å². The third kappa shape index (κ3) is 4.25. The van der Waals surface area contributed by atoms with Gasteiger partial charge in [-0.25, -0.2) is 0 Å². The van der Waals surface area contributed by atoms with Crippen molar-refractivity contribution in [2.75, 3.05) is 33.8 Å². The number of carbonyl (C=O) groups is 1. The van der Waals surface area contributed by atoms with E-state index in [1.807, 2.05) is 42.2 Å². The van der Waals surface area contributed by atoms with E-state index in [-0.39, 0.29) is 17.9 Å². The number of nitrogens with zero attached hydrogens (tertiary/aromatic N) is 2. The minimum absolute atomic E-state index is 0.00762. The van der Waals surface area contributed by atoms with Gasteiger partial charge in [0.25, 0.3) is 0 Å². The molecule has 1 heterocycles. The molecule has 3 rings (SSSR count). The largest absolute Gasteiger partial charge is 0.497 e. The van der Waals surface area contributed by atoms with Gasteiger partial charge < -0.3 is 9.64 Å². The lowest BCUT2D eigenvalue weighted by atomic mass is 9.97. The van der Waals surface area contributed by atoms with Crippen LogP contribution in [-0.4, -0.2) is 49.5 Å². The molecule has 1 saturated heterocycles. The van der Waals surface area contributed by atoms with Gasteiger partial charge in [0.05, 0.1) is 13.2 Å². The predicted molar refractivity (Wildman–Crippen MR) is 104 cm³/mol. The molecule has 2 aromatic rings. The molecule has 26 heavy (non-hydrogen) atoms. The van der Waals surface area contributed by atoms with Gasteiger partial charge in [0.15, 0.2) is 0 Å². The van der Waals surface area contributed by atoms with Gasteiger partial charge in [-0.2, -0.15) is 0 Å². The molecule has 0 saturated carbocycles. The first-order valence-corrected chi connectivity index (χ1v) is 9.25. The van der Waals surface area contributed by atoms with E-state index in [0.717, 1.165) is 31.8 Å². The van der Waals surface area contributed by atoms with Crippen molar-refractivity contribution in [1.82, 2.24) is 9.80 Å². The maximum Gasteiger partial charge on any atom is 0.225 e. The van der Waals surface area contributed by atoms with Crippen molar-refractivity contribution in [3.05, 3.63) is 65.7 Å². The van der Waals surface area contributed by atoms with E-state index in [0.29, 0.717) is 0 Å². The van der Waals surface area contributed by atoms with Crippen LogP contribution in [0.25, 0.3) is 0 Å². The van der Waals surface area contributed by atoms with Gasteiger partial charge in [-0.3, -0.25) is 9.69 Å². The average molecular weight is 352 g/mol. The predicted octanol–water partition coefficient (Wildman–Crippen LogP) is 3.39. The fourth-order valence-electron chi connectivity index (χ4n) is 3.65. The minimum Gasteiger partial charge on any atom is -0.497 e. The third-order valence-electron chi connectivity index (χ3n) is 5.24. The van der Waals surface area contributed by atoms with Crippen LogP contribution in [0.2, 0.25) is 0 Å². The lowest BCUT2D eigenvalue weighted by Gasteiger charge is -2.40. The Morgan fingerprint density at radius 3 is 2.65 bits per heavy atom. The molecule has 0 N–H and O–H groups in total. The van der Waals surface area contributed by atoms with E-state index in [4.69, 9.17) is 4.74 Å². The molecule has 0 aromatic heterocycles. The Labute approximate surface area is 156 Å². The molecule has 0 aliphatic carbocycles. The summed E-state index contributed by atoms with van der Waals surface area (Å²) in [6.07, 6.45) is 0.788. The standard InChI is InChI=1S/C22H28N2O2/c1-17(14-18-8-5-4-6-9-18)22(25)24-13-12-23(2)21(16-24)19-10-7-11-20(15-19)26-3/h4-11,15,17,21H,12-14,16H2,1-3H3. The van der Waals surface area contributed by atoms with Crippen LogP contribution in [0, 0.1) is 5.92 Å². The summed E-state index contributed by atoms with van der Waals surface area (Å²) in [5.74, 6) is 1.10. The van der Waals surface area contributed by atoms with Crippen molar-refractivity contribution in [2.45, 2.75) is 19.4 Å². The number of rotatable bonds is 5. The summed E-state index contributed by atoms with van der Waals surface area (Å²) in [7, 11) is 3.81. The van der Waals surface area contributed by atoms with Crippen molar-refractivity contribution < 1.29 is 9.53 Å². The van der Waals surface area contributed by atoms with Crippen LogP contribution in [0.4, 0.5) is 0 Å². The molecule has 1 aliphatic heterocycles. The second-order valence-electron chi connectivity index (χ2n) is 7.15. The van der Waals surface area contributed by atoms with Crippen molar-refractivity contribution >= 4 is 5.91 Å². The van der Waals surface area contributed by atoms with E-state index < -0.39 is 0 Å². The fourth-order valence-corrected chi connectivity index (χ4v) is 3.65. The zero-order valence-corrected chi connectivity index (χ0v) is 15.9. The average Bonchev–Trinajstić information content (AvgIpc) is 2.68. The van der Waals surface area contributed by atoms with Crippen LogP contribution >= 0.6 is 0 Å². The maximum atomic E-state index is 13.0. The third-order valence-corrected chi connectivity index (χ3v) is 5.24. The van der Waals surface area contributed by atoms with E-state index in [1.165, 1.54) is 11.1 Å². The maximum absolute atomic E-state index is 13.0. The normalized spacial score (nSPS) is 19.2. The zero-order chi connectivity index (χ0) is 18.5. The molecule has 4 heteroatoms. The number of benzene rings is 2. The van der Waals surface area contributed by atoms with Crippen LogP contribution in [0.3, 0.4) is 0 Å². The quantitative estimate of drug-likeness (QED) is 0.827.